The van der Waals surface area contributed by atoms with Crippen molar-refractivity contribution in [3.05, 3.63) is 28.3 Å². The molecule has 1 atom stereocenters. The van der Waals surface area contributed by atoms with Gasteiger partial charge in [0.25, 0.3) is 0 Å². The van der Waals surface area contributed by atoms with E-state index in [2.05, 4.69) is 0 Å². The van der Waals surface area contributed by atoms with Crippen molar-refractivity contribution in [2.24, 2.45) is 0 Å². The zero-order chi connectivity index (χ0) is 14.8. The molecule has 6 heteroatoms. The molecule has 4 nitrogen and oxygen atoms in total. The van der Waals surface area contributed by atoms with Gasteiger partial charge in [-0.25, -0.2) is 8.42 Å². The van der Waals surface area contributed by atoms with Crippen molar-refractivity contribution < 1.29 is 17.9 Å². The molecule has 0 radical (unpaired) electrons. The lowest BCUT2D eigenvalue weighted by Gasteiger charge is -2.14. The van der Waals surface area contributed by atoms with Gasteiger partial charge in [-0.1, -0.05) is 17.7 Å². The highest BCUT2D eigenvalue weighted by Crippen LogP contribution is 2.28. The summed E-state index contributed by atoms with van der Waals surface area (Å²) in [4.78, 5) is 0.237. The largest absolute Gasteiger partial charge is 0.376 e. The summed E-state index contributed by atoms with van der Waals surface area (Å²) in [7, 11) is -3.32. The zero-order valence-electron chi connectivity index (χ0n) is 11.7. The van der Waals surface area contributed by atoms with Crippen LogP contribution in [0.25, 0.3) is 0 Å². The first-order valence-corrected chi connectivity index (χ1v) is 8.84. The molecule has 1 aromatic rings. The van der Waals surface area contributed by atoms with Crippen molar-refractivity contribution >= 4 is 21.4 Å². The summed E-state index contributed by atoms with van der Waals surface area (Å²) in [5.41, 5.74) is 1.38. The summed E-state index contributed by atoms with van der Waals surface area (Å²) in [5, 5.41) is 0.459. The number of aryl methyl sites for hydroxylation is 1. The van der Waals surface area contributed by atoms with Crippen LogP contribution in [-0.2, 0) is 25.9 Å². The van der Waals surface area contributed by atoms with Gasteiger partial charge in [-0.15, -0.1) is 0 Å². The monoisotopic (exact) mass is 318 g/mol. The Kier molecular flexibility index (Phi) is 5.07. The molecule has 20 heavy (non-hydrogen) atoms. The average Bonchev–Trinajstić information content (AvgIpc) is 2.86. The average molecular weight is 319 g/mol. The lowest BCUT2D eigenvalue weighted by Crippen LogP contribution is -2.15. The lowest BCUT2D eigenvalue weighted by molar-refractivity contribution is 0.0100. The maximum Gasteiger partial charge on any atom is 0.175 e. The fourth-order valence-corrected chi connectivity index (χ4v) is 3.47. The van der Waals surface area contributed by atoms with Gasteiger partial charge >= 0.3 is 0 Å². The molecule has 0 saturated carbocycles. The van der Waals surface area contributed by atoms with Crippen LogP contribution in [0.5, 0.6) is 0 Å². The molecule has 1 fully saturated rings. The van der Waals surface area contributed by atoms with Crippen LogP contribution in [0.3, 0.4) is 0 Å². The molecule has 1 aromatic carbocycles. The van der Waals surface area contributed by atoms with Crippen LogP contribution < -0.4 is 0 Å². The molecular formula is C14H19ClO4S. The van der Waals surface area contributed by atoms with Crippen LogP contribution in [0.4, 0.5) is 0 Å². The van der Waals surface area contributed by atoms with Crippen LogP contribution in [0.1, 0.15) is 24.0 Å². The van der Waals surface area contributed by atoms with Crippen molar-refractivity contribution in [3.8, 4) is 0 Å². The molecule has 1 aliphatic rings. The van der Waals surface area contributed by atoms with Crippen LogP contribution in [-0.4, -0.2) is 34.0 Å². The third-order valence-corrected chi connectivity index (χ3v) is 5.07. The predicted octanol–water partition coefficient (Wildman–Crippen LogP) is 2.75. The Labute approximate surface area is 125 Å². The first-order chi connectivity index (χ1) is 9.39. The molecule has 1 unspecified atom stereocenters. The first kappa shape index (κ1) is 15.8. The normalized spacial score (nSPS) is 19.4. The number of hydrogen-bond acceptors (Lipinski definition) is 4. The second-order valence-corrected chi connectivity index (χ2v) is 7.46. The minimum atomic E-state index is -3.32. The number of rotatable bonds is 5. The van der Waals surface area contributed by atoms with Gasteiger partial charge in [0.2, 0.25) is 0 Å². The van der Waals surface area contributed by atoms with E-state index in [4.69, 9.17) is 21.1 Å². The summed E-state index contributed by atoms with van der Waals surface area (Å²) in [6.07, 6.45) is 3.33. The van der Waals surface area contributed by atoms with Gasteiger partial charge in [0, 0.05) is 18.4 Å². The fourth-order valence-electron chi connectivity index (χ4n) is 2.27. The molecule has 2 rings (SSSR count). The Morgan fingerprint density at radius 1 is 1.45 bits per heavy atom. The van der Waals surface area contributed by atoms with E-state index in [9.17, 15) is 8.42 Å². The van der Waals surface area contributed by atoms with Gasteiger partial charge in [0.1, 0.15) is 0 Å². The zero-order valence-corrected chi connectivity index (χ0v) is 13.3. The Morgan fingerprint density at radius 2 is 2.20 bits per heavy atom. The topological polar surface area (TPSA) is 52.6 Å². The summed E-state index contributed by atoms with van der Waals surface area (Å²) >= 11 is 6.22. The molecule has 0 aromatic heterocycles. The Morgan fingerprint density at radius 3 is 2.80 bits per heavy atom. The molecule has 1 saturated heterocycles. The summed E-state index contributed by atoms with van der Waals surface area (Å²) in [5.74, 6) is 0. The predicted molar refractivity (Wildman–Crippen MR) is 77.9 cm³/mol. The Bertz CT molecular complexity index is 577. The van der Waals surface area contributed by atoms with E-state index in [0.717, 1.165) is 25.0 Å². The van der Waals surface area contributed by atoms with Gasteiger partial charge < -0.3 is 9.47 Å². The maximum atomic E-state index is 11.8. The molecule has 0 amide bonds. The van der Waals surface area contributed by atoms with E-state index >= 15 is 0 Å². The number of ether oxygens (including phenoxy) is 2. The number of hydrogen-bond donors (Lipinski definition) is 0. The molecule has 112 valence electrons. The molecule has 0 bridgehead atoms. The SMILES string of the molecule is Cc1ccc(S(C)(=O)=O)c(COCC2CCCO2)c1Cl. The van der Waals surface area contributed by atoms with Gasteiger partial charge in [0.05, 0.1) is 29.2 Å². The van der Waals surface area contributed by atoms with Gasteiger partial charge in [-0.05, 0) is 31.4 Å². The van der Waals surface area contributed by atoms with Gasteiger partial charge in [-0.3, -0.25) is 0 Å². The molecule has 1 aliphatic heterocycles. The first-order valence-electron chi connectivity index (χ1n) is 6.57. The third-order valence-electron chi connectivity index (χ3n) is 3.37. The van der Waals surface area contributed by atoms with E-state index in [1.807, 2.05) is 6.92 Å². The van der Waals surface area contributed by atoms with Crippen LogP contribution >= 0.6 is 11.6 Å². The fraction of sp³-hybridized carbons (Fsp3) is 0.571. The Hall–Kier alpha value is -0.620. The highest BCUT2D eigenvalue weighted by atomic mass is 35.5. The molecule has 0 spiro atoms. The molecule has 1 heterocycles. The lowest BCUT2D eigenvalue weighted by atomic mass is 10.1. The highest BCUT2D eigenvalue weighted by molar-refractivity contribution is 7.90. The summed E-state index contributed by atoms with van der Waals surface area (Å²) in [6.45, 7) is 3.27. The maximum absolute atomic E-state index is 11.8. The third kappa shape index (κ3) is 3.73. The number of benzene rings is 1. The summed E-state index contributed by atoms with van der Waals surface area (Å²) < 4.78 is 34.7. The summed E-state index contributed by atoms with van der Waals surface area (Å²) in [6, 6.07) is 3.30. The standard InChI is InChI=1S/C14H19ClO4S/c1-10-5-6-13(20(2,16)17)12(14(10)15)9-18-8-11-4-3-7-19-11/h5-6,11H,3-4,7-9H2,1-2H3. The van der Waals surface area contributed by atoms with E-state index < -0.39 is 9.84 Å². The van der Waals surface area contributed by atoms with Crippen molar-refractivity contribution in [1.82, 2.24) is 0 Å². The second-order valence-electron chi connectivity index (χ2n) is 5.10. The quantitative estimate of drug-likeness (QED) is 0.837. The highest BCUT2D eigenvalue weighted by Gasteiger charge is 2.19. The van der Waals surface area contributed by atoms with Crippen LogP contribution in [0.2, 0.25) is 5.02 Å². The van der Waals surface area contributed by atoms with Crippen LogP contribution in [0.15, 0.2) is 17.0 Å². The number of sulfone groups is 1. The van der Waals surface area contributed by atoms with E-state index in [-0.39, 0.29) is 17.6 Å². The molecule has 0 N–H and O–H groups in total. The van der Waals surface area contributed by atoms with Crippen LogP contribution in [0, 0.1) is 6.92 Å². The smallest absolute Gasteiger partial charge is 0.175 e. The van der Waals surface area contributed by atoms with Gasteiger partial charge in [-0.2, -0.15) is 0 Å². The Balaban J connectivity index is 2.14. The molecular weight excluding hydrogens is 300 g/mol. The number of halogens is 1. The molecule has 0 aliphatic carbocycles. The minimum absolute atomic E-state index is 0.111. The van der Waals surface area contributed by atoms with Crippen molar-refractivity contribution in [2.75, 3.05) is 19.5 Å². The van der Waals surface area contributed by atoms with Crippen molar-refractivity contribution in [3.63, 3.8) is 0 Å². The second kappa shape index (κ2) is 6.43. The van der Waals surface area contributed by atoms with Crippen molar-refractivity contribution in [1.29, 1.82) is 0 Å². The van der Waals surface area contributed by atoms with Gasteiger partial charge in [0.15, 0.2) is 9.84 Å². The van der Waals surface area contributed by atoms with Crippen molar-refractivity contribution in [2.45, 2.75) is 37.4 Å². The van der Waals surface area contributed by atoms with E-state index in [0.29, 0.717) is 17.2 Å². The van der Waals surface area contributed by atoms with E-state index in [1.165, 1.54) is 6.26 Å². The minimum Gasteiger partial charge on any atom is -0.376 e. The van der Waals surface area contributed by atoms with E-state index in [1.54, 1.807) is 12.1 Å².